The molecule has 0 radical (unpaired) electrons. The van der Waals surface area contributed by atoms with E-state index < -0.39 is 11.9 Å². The Balaban J connectivity index is 3.47. The van der Waals surface area contributed by atoms with Crippen LogP contribution in [0.5, 0.6) is 0 Å². The van der Waals surface area contributed by atoms with Gasteiger partial charge in [0.1, 0.15) is 0 Å². The number of ether oxygens (including phenoxy) is 2. The maximum atomic E-state index is 11.2. The van der Waals surface area contributed by atoms with Crippen molar-refractivity contribution in [3.63, 3.8) is 0 Å². The lowest BCUT2D eigenvalue weighted by atomic mass is 10.2. The van der Waals surface area contributed by atoms with Gasteiger partial charge in [0.15, 0.2) is 0 Å². The van der Waals surface area contributed by atoms with Gasteiger partial charge in [0.25, 0.3) is 0 Å². The summed E-state index contributed by atoms with van der Waals surface area (Å²) < 4.78 is 10.3. The van der Waals surface area contributed by atoms with Crippen molar-refractivity contribution in [1.29, 1.82) is 0 Å². The third kappa shape index (κ3) is 12.9. The molecule has 110 valence electrons. The second kappa shape index (κ2) is 9.55. The standard InChI is InChI=1S/C14H26NO4/c1-15(2,3)11-7-5-6-8-12-19-14(17)10-9-13(16)18-4/h9-10H,5-8,11-12H2,1-4H3/q+1/b10-9+. The van der Waals surface area contributed by atoms with Crippen molar-refractivity contribution in [2.75, 3.05) is 41.4 Å². The Bertz CT molecular complexity index is 305. The third-order valence-corrected chi connectivity index (χ3v) is 2.52. The summed E-state index contributed by atoms with van der Waals surface area (Å²) in [7, 11) is 7.79. The van der Waals surface area contributed by atoms with E-state index in [1.165, 1.54) is 13.5 Å². The van der Waals surface area contributed by atoms with E-state index in [-0.39, 0.29) is 0 Å². The van der Waals surface area contributed by atoms with Crippen LogP contribution in [-0.4, -0.2) is 57.8 Å². The van der Waals surface area contributed by atoms with Crippen LogP contribution in [0.1, 0.15) is 25.7 Å². The Labute approximate surface area is 115 Å². The van der Waals surface area contributed by atoms with Crippen LogP contribution >= 0.6 is 0 Å². The van der Waals surface area contributed by atoms with Crippen LogP contribution in [-0.2, 0) is 19.1 Å². The molecule has 0 aromatic carbocycles. The second-order valence-corrected chi connectivity index (χ2v) is 5.45. The van der Waals surface area contributed by atoms with Crippen molar-refractivity contribution in [2.45, 2.75) is 25.7 Å². The molecule has 0 spiro atoms. The summed E-state index contributed by atoms with van der Waals surface area (Å²) in [6, 6.07) is 0. The molecule has 5 nitrogen and oxygen atoms in total. The molecule has 0 N–H and O–H groups in total. The maximum Gasteiger partial charge on any atom is 0.331 e. The largest absolute Gasteiger partial charge is 0.466 e. The van der Waals surface area contributed by atoms with E-state index in [0.717, 1.165) is 42.4 Å². The minimum atomic E-state index is -0.558. The first kappa shape index (κ1) is 17.6. The lowest BCUT2D eigenvalue weighted by molar-refractivity contribution is -0.870. The molecule has 0 heterocycles. The van der Waals surface area contributed by atoms with Gasteiger partial charge in [0.2, 0.25) is 0 Å². The molecule has 0 amide bonds. The molecule has 0 saturated heterocycles. The molecule has 0 atom stereocenters. The number of methoxy groups -OCH3 is 1. The number of carbonyl (C=O) groups excluding carboxylic acids is 2. The zero-order chi connectivity index (χ0) is 14.7. The van der Waals surface area contributed by atoms with Gasteiger partial charge in [-0.25, -0.2) is 9.59 Å². The van der Waals surface area contributed by atoms with Crippen LogP contribution < -0.4 is 0 Å². The minimum absolute atomic E-state index is 0.398. The topological polar surface area (TPSA) is 52.6 Å². The summed E-state index contributed by atoms with van der Waals surface area (Å²) in [6.45, 7) is 1.55. The molecule has 5 heteroatoms. The zero-order valence-electron chi connectivity index (χ0n) is 12.5. The van der Waals surface area contributed by atoms with E-state index in [2.05, 4.69) is 25.9 Å². The fourth-order valence-corrected chi connectivity index (χ4v) is 1.47. The van der Waals surface area contributed by atoms with Gasteiger partial charge >= 0.3 is 11.9 Å². The molecule has 0 aliphatic carbocycles. The summed E-state index contributed by atoms with van der Waals surface area (Å²) in [4.78, 5) is 21.9. The summed E-state index contributed by atoms with van der Waals surface area (Å²) in [6.07, 6.45) is 6.38. The van der Waals surface area contributed by atoms with Gasteiger partial charge in [0, 0.05) is 12.2 Å². The number of nitrogens with zero attached hydrogens (tertiary/aromatic N) is 1. The summed E-state index contributed by atoms with van der Waals surface area (Å²) in [5.41, 5.74) is 0. The SMILES string of the molecule is COC(=O)/C=C/C(=O)OCCCCCC[N+](C)(C)C. The zero-order valence-corrected chi connectivity index (χ0v) is 12.5. The van der Waals surface area contributed by atoms with Crippen LogP contribution in [0.15, 0.2) is 12.2 Å². The molecule has 0 aliphatic heterocycles. The van der Waals surface area contributed by atoms with E-state index in [1.54, 1.807) is 0 Å². The monoisotopic (exact) mass is 272 g/mol. The van der Waals surface area contributed by atoms with Crippen molar-refractivity contribution in [3.05, 3.63) is 12.2 Å². The summed E-state index contributed by atoms with van der Waals surface area (Å²) in [5, 5.41) is 0. The first-order chi connectivity index (χ1) is 8.85. The van der Waals surface area contributed by atoms with Crippen molar-refractivity contribution in [1.82, 2.24) is 0 Å². The maximum absolute atomic E-state index is 11.2. The molecular formula is C14H26NO4+. The highest BCUT2D eigenvalue weighted by atomic mass is 16.5. The smallest absolute Gasteiger partial charge is 0.331 e. The highest BCUT2D eigenvalue weighted by Crippen LogP contribution is 2.03. The Kier molecular flexibility index (Phi) is 8.87. The van der Waals surface area contributed by atoms with E-state index in [9.17, 15) is 9.59 Å². The van der Waals surface area contributed by atoms with Crippen molar-refractivity contribution >= 4 is 11.9 Å². The average molecular weight is 272 g/mol. The van der Waals surface area contributed by atoms with Crippen molar-refractivity contribution in [3.8, 4) is 0 Å². The highest BCUT2D eigenvalue weighted by molar-refractivity contribution is 5.91. The van der Waals surface area contributed by atoms with Gasteiger partial charge in [-0.1, -0.05) is 0 Å². The number of quaternary nitrogens is 1. The number of unbranched alkanes of at least 4 members (excludes halogenated alkanes) is 3. The molecule has 0 rings (SSSR count). The Morgan fingerprint density at radius 2 is 1.53 bits per heavy atom. The number of hydrogen-bond donors (Lipinski definition) is 0. The van der Waals surface area contributed by atoms with Crippen LogP contribution in [0.25, 0.3) is 0 Å². The van der Waals surface area contributed by atoms with Crippen LogP contribution in [0.4, 0.5) is 0 Å². The molecule has 0 aliphatic rings. The van der Waals surface area contributed by atoms with E-state index in [1.807, 2.05) is 0 Å². The van der Waals surface area contributed by atoms with Gasteiger partial charge in [-0.15, -0.1) is 0 Å². The minimum Gasteiger partial charge on any atom is -0.466 e. The van der Waals surface area contributed by atoms with Crippen LogP contribution in [0.2, 0.25) is 0 Å². The molecule has 0 bridgehead atoms. The van der Waals surface area contributed by atoms with Gasteiger partial charge in [-0.2, -0.15) is 0 Å². The summed E-state index contributed by atoms with van der Waals surface area (Å²) in [5.74, 6) is -1.06. The van der Waals surface area contributed by atoms with Gasteiger partial charge in [-0.05, 0) is 25.7 Å². The van der Waals surface area contributed by atoms with Crippen molar-refractivity contribution in [2.24, 2.45) is 0 Å². The fraction of sp³-hybridized carbons (Fsp3) is 0.714. The first-order valence-electron chi connectivity index (χ1n) is 6.58. The normalized spacial score (nSPS) is 11.6. The lowest BCUT2D eigenvalue weighted by Crippen LogP contribution is -2.35. The molecule has 0 aromatic rings. The number of hydrogen-bond acceptors (Lipinski definition) is 4. The van der Waals surface area contributed by atoms with Crippen molar-refractivity contribution < 1.29 is 23.5 Å². The molecule has 0 fully saturated rings. The Hall–Kier alpha value is -1.36. The van der Waals surface area contributed by atoms with E-state index >= 15 is 0 Å². The average Bonchev–Trinajstić information content (AvgIpc) is 2.33. The van der Waals surface area contributed by atoms with E-state index in [0.29, 0.717) is 6.61 Å². The quantitative estimate of drug-likeness (QED) is 0.276. The first-order valence-corrected chi connectivity index (χ1v) is 6.58. The molecule has 0 aromatic heterocycles. The Morgan fingerprint density at radius 1 is 0.947 bits per heavy atom. The molecule has 19 heavy (non-hydrogen) atoms. The number of rotatable bonds is 9. The van der Waals surface area contributed by atoms with E-state index in [4.69, 9.17) is 4.74 Å². The number of esters is 2. The summed E-state index contributed by atoms with van der Waals surface area (Å²) >= 11 is 0. The van der Waals surface area contributed by atoms with Crippen LogP contribution in [0.3, 0.4) is 0 Å². The lowest BCUT2D eigenvalue weighted by Gasteiger charge is -2.23. The third-order valence-electron chi connectivity index (χ3n) is 2.52. The second-order valence-electron chi connectivity index (χ2n) is 5.45. The van der Waals surface area contributed by atoms with Gasteiger partial charge in [-0.3, -0.25) is 0 Å². The Morgan fingerprint density at radius 3 is 2.11 bits per heavy atom. The molecular weight excluding hydrogens is 246 g/mol. The molecule has 0 saturated carbocycles. The fourth-order valence-electron chi connectivity index (χ4n) is 1.47. The van der Waals surface area contributed by atoms with Gasteiger partial charge in [0.05, 0.1) is 41.4 Å². The molecule has 0 unspecified atom stereocenters. The predicted octanol–water partition coefficient (Wildman–Crippen LogP) is 1.53. The predicted molar refractivity (Wildman–Crippen MR) is 73.5 cm³/mol. The van der Waals surface area contributed by atoms with Crippen LogP contribution in [0, 0.1) is 0 Å². The number of carbonyl (C=O) groups is 2. The van der Waals surface area contributed by atoms with Gasteiger partial charge < -0.3 is 14.0 Å². The highest BCUT2D eigenvalue weighted by Gasteiger charge is 2.05.